The van der Waals surface area contributed by atoms with Crippen LogP contribution in [0.1, 0.15) is 74.7 Å². The highest BCUT2D eigenvalue weighted by molar-refractivity contribution is 6.00. The monoisotopic (exact) mass is 642 g/mol. The molecule has 13 atom stereocenters. The number of ketones is 2. The average molecular weight is 643 g/mol. The number of nitrogens with zero attached hydrogens (tertiary/aromatic N) is 2. The molecule has 0 amide bonds. The van der Waals surface area contributed by atoms with Crippen LogP contribution < -0.4 is 0 Å². The number of Topliss-reactive ketones (excluding diaryl/α,β-unsaturated/α-hetero) is 2. The Labute approximate surface area is 269 Å². The molecule has 0 unspecified atom stereocenters. The summed E-state index contributed by atoms with van der Waals surface area (Å²) in [7, 11) is 5.71. The lowest BCUT2D eigenvalue weighted by Crippen LogP contribution is -2.60. The molecular formula is C33H58N2O10. The number of esters is 1. The van der Waals surface area contributed by atoms with E-state index in [1.165, 1.54) is 6.92 Å². The van der Waals surface area contributed by atoms with Crippen molar-refractivity contribution in [3.8, 4) is 0 Å². The lowest BCUT2D eigenvalue weighted by atomic mass is 9.79. The third kappa shape index (κ3) is 8.51. The second-order valence-electron chi connectivity index (χ2n) is 14.4. The zero-order valence-corrected chi connectivity index (χ0v) is 29.1. The molecule has 2 bridgehead atoms. The Morgan fingerprint density at radius 2 is 1.71 bits per heavy atom. The molecule has 4 aliphatic rings. The smallest absolute Gasteiger partial charge is 0.316 e. The van der Waals surface area contributed by atoms with E-state index in [0.717, 1.165) is 0 Å². The number of rotatable bonds is 4. The summed E-state index contributed by atoms with van der Waals surface area (Å²) in [5.41, 5.74) is -2.90. The average Bonchev–Trinajstić information content (AvgIpc) is 2.96. The summed E-state index contributed by atoms with van der Waals surface area (Å²) in [6, 6.07) is -0.401. The van der Waals surface area contributed by atoms with Gasteiger partial charge in [-0.25, -0.2) is 0 Å². The van der Waals surface area contributed by atoms with Gasteiger partial charge in [0.25, 0.3) is 0 Å². The fourth-order valence-electron chi connectivity index (χ4n) is 7.40. The van der Waals surface area contributed by atoms with Crippen molar-refractivity contribution in [1.29, 1.82) is 0 Å². The van der Waals surface area contributed by atoms with Crippen molar-refractivity contribution in [3.05, 3.63) is 0 Å². The van der Waals surface area contributed by atoms with Gasteiger partial charge in [0.2, 0.25) is 0 Å². The Balaban J connectivity index is 2.19. The first-order chi connectivity index (χ1) is 20.8. The van der Waals surface area contributed by atoms with Crippen LogP contribution in [0.3, 0.4) is 0 Å². The molecule has 2 N–H and O–H groups in total. The highest BCUT2D eigenvalue weighted by atomic mass is 16.7. The normalized spacial score (nSPS) is 45.3. The first kappa shape index (κ1) is 37.9. The highest BCUT2D eigenvalue weighted by Crippen LogP contribution is 2.38. The van der Waals surface area contributed by atoms with Gasteiger partial charge in [0, 0.05) is 24.5 Å². The summed E-state index contributed by atoms with van der Waals surface area (Å²) >= 11 is 0. The van der Waals surface area contributed by atoms with Crippen molar-refractivity contribution in [1.82, 2.24) is 9.80 Å². The number of ether oxygens (including phenoxy) is 5. The first-order valence-electron chi connectivity index (χ1n) is 16.4. The number of fused-ring (bicyclic) bond motifs is 15. The first-order valence-corrected chi connectivity index (χ1v) is 16.4. The third-order valence-corrected chi connectivity index (χ3v) is 10.2. The lowest BCUT2D eigenvalue weighted by molar-refractivity contribution is -0.297. The van der Waals surface area contributed by atoms with E-state index in [1.54, 1.807) is 27.7 Å². The van der Waals surface area contributed by atoms with Gasteiger partial charge in [0.1, 0.15) is 36.9 Å². The maximum Gasteiger partial charge on any atom is 0.316 e. The van der Waals surface area contributed by atoms with Gasteiger partial charge in [-0.05, 0) is 80.9 Å². The molecular weight excluding hydrogens is 584 g/mol. The van der Waals surface area contributed by atoms with E-state index in [2.05, 4.69) is 4.90 Å². The highest BCUT2D eigenvalue weighted by Gasteiger charge is 2.51. The molecule has 12 nitrogen and oxygen atoms in total. The van der Waals surface area contributed by atoms with Gasteiger partial charge < -0.3 is 43.7 Å². The van der Waals surface area contributed by atoms with Crippen LogP contribution in [-0.4, -0.2) is 139 Å². The van der Waals surface area contributed by atoms with Crippen LogP contribution in [-0.2, 0) is 38.1 Å². The second-order valence-corrected chi connectivity index (χ2v) is 14.4. The molecule has 4 saturated heterocycles. The van der Waals surface area contributed by atoms with Gasteiger partial charge in [0.05, 0.1) is 23.9 Å². The quantitative estimate of drug-likeness (QED) is 0.341. The van der Waals surface area contributed by atoms with Gasteiger partial charge in [-0.1, -0.05) is 20.8 Å². The second kappa shape index (κ2) is 15.1. The van der Waals surface area contributed by atoms with E-state index in [1.807, 2.05) is 46.8 Å². The number of carbonyl (C=O) groups is 3. The van der Waals surface area contributed by atoms with Gasteiger partial charge in [-0.3, -0.25) is 14.4 Å². The molecule has 0 aromatic carbocycles. The summed E-state index contributed by atoms with van der Waals surface area (Å²) in [5, 5.41) is 23.2. The Kier molecular flexibility index (Phi) is 12.8. The zero-order chi connectivity index (χ0) is 34.0. The van der Waals surface area contributed by atoms with Crippen LogP contribution in [0.2, 0.25) is 0 Å². The molecule has 4 fully saturated rings. The fraction of sp³-hybridized carbons (Fsp3) is 0.909. The topological polar surface area (TPSA) is 144 Å². The van der Waals surface area contributed by atoms with Crippen LogP contribution in [0.5, 0.6) is 0 Å². The number of hydrogen-bond donors (Lipinski definition) is 2. The zero-order valence-electron chi connectivity index (χ0n) is 29.1. The summed E-state index contributed by atoms with van der Waals surface area (Å²) in [6.07, 6.45) is -4.07. The van der Waals surface area contributed by atoms with Crippen molar-refractivity contribution in [2.45, 2.75) is 135 Å². The standard InChI is InChI=1S/C33H58N2O10/c1-12-25-33(8,40)28-18(2)15-35(11)19(3)14-32(7,42-17-23(36)16-41-28)29(21(5)26(37)22(6)30(39)44-25)45-31-27(38)24(34(9)10)13-20(4)43-31/h18-22,24-25,27-29,31,38,40H,12-17H2,1-11H3/t18-,19+,20+,21-,22+,24-,25+,27+,28-,29+,31-,32+,33+/m0/s1. The van der Waals surface area contributed by atoms with Gasteiger partial charge >= 0.3 is 5.97 Å². The predicted octanol–water partition coefficient (Wildman–Crippen LogP) is 1.82. The van der Waals surface area contributed by atoms with Crippen LogP contribution in [0.15, 0.2) is 0 Å². The number of likely N-dealkylation sites (N-methyl/N-ethyl adjacent to an activating group) is 1. The molecule has 260 valence electrons. The summed E-state index contributed by atoms with van der Waals surface area (Å²) in [4.78, 5) is 44.9. The summed E-state index contributed by atoms with van der Waals surface area (Å²) in [5.74, 6) is -3.97. The fourth-order valence-corrected chi connectivity index (χ4v) is 7.40. The Hall–Kier alpha value is -1.51. The van der Waals surface area contributed by atoms with E-state index in [9.17, 15) is 24.6 Å². The van der Waals surface area contributed by atoms with Gasteiger partial charge in [-0.2, -0.15) is 0 Å². The van der Waals surface area contributed by atoms with Crippen molar-refractivity contribution in [2.24, 2.45) is 17.8 Å². The molecule has 0 radical (unpaired) electrons. The number of hydrogen-bond acceptors (Lipinski definition) is 12. The van der Waals surface area contributed by atoms with E-state index in [4.69, 9.17) is 23.7 Å². The van der Waals surface area contributed by atoms with Crippen LogP contribution in [0.25, 0.3) is 0 Å². The van der Waals surface area contributed by atoms with Crippen LogP contribution in [0.4, 0.5) is 0 Å². The minimum atomic E-state index is -1.66. The Morgan fingerprint density at radius 3 is 2.31 bits per heavy atom. The molecule has 0 aromatic heterocycles. The van der Waals surface area contributed by atoms with Crippen LogP contribution in [0, 0.1) is 17.8 Å². The minimum absolute atomic E-state index is 0.140. The third-order valence-electron chi connectivity index (χ3n) is 10.2. The number of carbonyl (C=O) groups excluding carboxylic acids is 3. The molecule has 0 aromatic rings. The maximum atomic E-state index is 14.1. The minimum Gasteiger partial charge on any atom is -0.459 e. The van der Waals surface area contributed by atoms with Crippen molar-refractivity contribution >= 4 is 17.5 Å². The molecule has 4 rings (SSSR count). The van der Waals surface area contributed by atoms with E-state index in [0.29, 0.717) is 19.4 Å². The van der Waals surface area contributed by atoms with Gasteiger partial charge in [-0.15, -0.1) is 0 Å². The molecule has 45 heavy (non-hydrogen) atoms. The molecule has 4 heterocycles. The number of aliphatic hydroxyl groups excluding tert-OH is 1. The number of aliphatic hydroxyl groups is 2. The van der Waals surface area contributed by atoms with Crippen LogP contribution >= 0.6 is 0 Å². The molecule has 0 aliphatic carbocycles. The SMILES string of the molecule is CC[C@H]1OC(=O)[C@H](C)C(=O)[C@H](C)[C@@H](O[C@@H]2O[C@H](C)C[C@H](N(C)C)[C@H]2O)[C@@]2(C)C[C@@H](C)N(C)C[C@H](C)[C@H](OCC(=O)CO2)[C@]1(C)O. The molecule has 0 spiro atoms. The molecule has 12 heteroatoms. The van der Waals surface area contributed by atoms with Crippen molar-refractivity contribution < 1.29 is 48.3 Å². The summed E-state index contributed by atoms with van der Waals surface area (Å²) < 4.78 is 31.1. The lowest BCUT2D eigenvalue weighted by Gasteiger charge is -2.48. The van der Waals surface area contributed by atoms with E-state index >= 15 is 0 Å². The van der Waals surface area contributed by atoms with E-state index < -0.39 is 65.5 Å². The summed E-state index contributed by atoms with van der Waals surface area (Å²) in [6.45, 7) is 14.0. The van der Waals surface area contributed by atoms with Crippen molar-refractivity contribution in [3.63, 3.8) is 0 Å². The van der Waals surface area contributed by atoms with Gasteiger partial charge in [0.15, 0.2) is 17.9 Å². The molecule has 4 aliphatic heterocycles. The molecule has 0 saturated carbocycles. The Morgan fingerprint density at radius 1 is 1.07 bits per heavy atom. The van der Waals surface area contributed by atoms with E-state index in [-0.39, 0.29) is 49.5 Å². The van der Waals surface area contributed by atoms with Crippen molar-refractivity contribution in [2.75, 3.05) is 40.9 Å². The largest absolute Gasteiger partial charge is 0.459 e. The maximum absolute atomic E-state index is 14.1. The Bertz CT molecular complexity index is 1040. The predicted molar refractivity (Wildman–Crippen MR) is 166 cm³/mol.